The normalized spacial score (nSPS) is 14.0. The third kappa shape index (κ3) is 4.37. The lowest BCUT2D eigenvalue weighted by Gasteiger charge is -2.28. The first-order valence-corrected chi connectivity index (χ1v) is 9.28. The predicted molar refractivity (Wildman–Crippen MR) is 105 cm³/mol. The first kappa shape index (κ1) is 18.7. The number of likely N-dealkylation sites (tertiary alicyclic amines) is 1. The third-order valence-corrected chi connectivity index (χ3v) is 5.18. The highest BCUT2D eigenvalue weighted by Gasteiger charge is 2.26. The molecule has 1 aliphatic rings. The Labute approximate surface area is 163 Å². The fourth-order valence-corrected chi connectivity index (χ4v) is 3.25. The second-order valence-electron chi connectivity index (χ2n) is 6.46. The van der Waals surface area contributed by atoms with Crippen molar-refractivity contribution in [1.29, 1.82) is 0 Å². The maximum atomic E-state index is 13.0. The molecule has 0 bridgehead atoms. The second-order valence-corrected chi connectivity index (χ2v) is 7.30. The Morgan fingerprint density at radius 1 is 1.15 bits per heavy atom. The Hall–Kier alpha value is -2.04. The molecule has 136 valence electrons. The number of anilines is 1. The van der Waals surface area contributed by atoms with Crippen LogP contribution in [-0.4, -0.2) is 29.9 Å². The Kier molecular flexibility index (Phi) is 5.84. The largest absolute Gasteiger partial charge is 0.324 e. The van der Waals surface area contributed by atoms with Crippen LogP contribution in [-0.2, 0) is 16.0 Å². The van der Waals surface area contributed by atoms with Crippen molar-refractivity contribution in [2.45, 2.75) is 26.2 Å². The van der Waals surface area contributed by atoms with Crippen molar-refractivity contribution in [2.24, 2.45) is 0 Å². The van der Waals surface area contributed by atoms with E-state index in [2.05, 4.69) is 0 Å². The van der Waals surface area contributed by atoms with Crippen LogP contribution >= 0.6 is 23.2 Å². The first-order valence-electron chi connectivity index (χ1n) is 8.53. The quantitative estimate of drug-likeness (QED) is 0.755. The lowest BCUT2D eigenvalue weighted by molar-refractivity contribution is -0.128. The van der Waals surface area contributed by atoms with Crippen LogP contribution in [0.15, 0.2) is 42.5 Å². The molecule has 0 unspecified atom stereocenters. The van der Waals surface area contributed by atoms with Crippen LogP contribution < -0.4 is 4.90 Å². The van der Waals surface area contributed by atoms with Crippen molar-refractivity contribution >= 4 is 40.7 Å². The van der Waals surface area contributed by atoms with E-state index in [0.29, 0.717) is 28.7 Å². The molecule has 1 heterocycles. The van der Waals surface area contributed by atoms with Gasteiger partial charge in [-0.05, 0) is 48.7 Å². The van der Waals surface area contributed by atoms with Crippen molar-refractivity contribution in [3.8, 4) is 0 Å². The van der Waals surface area contributed by atoms with Crippen LogP contribution in [0.2, 0.25) is 10.0 Å². The van der Waals surface area contributed by atoms with E-state index in [1.807, 2.05) is 31.2 Å². The Morgan fingerprint density at radius 3 is 2.50 bits per heavy atom. The molecule has 1 saturated heterocycles. The minimum Gasteiger partial charge on any atom is -0.324 e. The molecule has 1 aliphatic heterocycles. The molecule has 6 heteroatoms. The standard InChI is InChI=1S/C20H20Cl2N2O2/c1-14-4-9-17(12-18(14)22)24(13-23-10-2-3-19(23)25)20(26)11-15-5-7-16(21)8-6-15/h4-9,12H,2-3,10-11,13H2,1H3. The smallest absolute Gasteiger partial charge is 0.232 e. The highest BCUT2D eigenvalue weighted by Crippen LogP contribution is 2.25. The van der Waals surface area contributed by atoms with Gasteiger partial charge in [0.25, 0.3) is 0 Å². The van der Waals surface area contributed by atoms with Crippen molar-refractivity contribution < 1.29 is 9.59 Å². The van der Waals surface area contributed by atoms with Gasteiger partial charge in [0, 0.05) is 28.7 Å². The molecule has 0 radical (unpaired) electrons. The summed E-state index contributed by atoms with van der Waals surface area (Å²) in [7, 11) is 0. The fourth-order valence-electron chi connectivity index (χ4n) is 2.95. The van der Waals surface area contributed by atoms with Gasteiger partial charge in [-0.3, -0.25) is 14.5 Å². The van der Waals surface area contributed by atoms with Gasteiger partial charge in [0.05, 0.1) is 6.42 Å². The van der Waals surface area contributed by atoms with Gasteiger partial charge < -0.3 is 4.90 Å². The van der Waals surface area contributed by atoms with E-state index in [4.69, 9.17) is 23.2 Å². The number of nitrogens with zero attached hydrogens (tertiary/aromatic N) is 2. The van der Waals surface area contributed by atoms with Gasteiger partial charge in [0.2, 0.25) is 11.8 Å². The Morgan fingerprint density at radius 2 is 1.88 bits per heavy atom. The van der Waals surface area contributed by atoms with Gasteiger partial charge in [-0.1, -0.05) is 41.4 Å². The maximum absolute atomic E-state index is 13.0. The van der Waals surface area contributed by atoms with E-state index in [0.717, 1.165) is 17.5 Å². The number of amides is 2. The van der Waals surface area contributed by atoms with Crippen LogP contribution in [0.3, 0.4) is 0 Å². The van der Waals surface area contributed by atoms with E-state index in [9.17, 15) is 9.59 Å². The number of aryl methyl sites for hydroxylation is 1. The van der Waals surface area contributed by atoms with Crippen LogP contribution in [0, 0.1) is 6.92 Å². The zero-order valence-corrected chi connectivity index (χ0v) is 16.1. The van der Waals surface area contributed by atoms with E-state index >= 15 is 0 Å². The summed E-state index contributed by atoms with van der Waals surface area (Å²) in [5.74, 6) is -0.0144. The summed E-state index contributed by atoms with van der Waals surface area (Å²) in [5, 5.41) is 1.23. The average Bonchev–Trinajstić information content (AvgIpc) is 3.02. The van der Waals surface area contributed by atoms with Crippen LogP contribution in [0.4, 0.5) is 5.69 Å². The lowest BCUT2D eigenvalue weighted by atomic mass is 10.1. The van der Waals surface area contributed by atoms with E-state index in [-0.39, 0.29) is 24.9 Å². The molecule has 2 amide bonds. The molecule has 2 aromatic carbocycles. The van der Waals surface area contributed by atoms with Crippen LogP contribution in [0.1, 0.15) is 24.0 Å². The summed E-state index contributed by atoms with van der Waals surface area (Å²) in [6, 6.07) is 12.7. The van der Waals surface area contributed by atoms with Gasteiger partial charge in [0.15, 0.2) is 0 Å². The fraction of sp³-hybridized carbons (Fsp3) is 0.300. The topological polar surface area (TPSA) is 40.6 Å². The number of carbonyl (C=O) groups excluding carboxylic acids is 2. The molecule has 2 aromatic rings. The predicted octanol–water partition coefficient (Wildman–Crippen LogP) is 4.46. The van der Waals surface area contributed by atoms with Crippen LogP contribution in [0.5, 0.6) is 0 Å². The molecular formula is C20H20Cl2N2O2. The molecule has 4 nitrogen and oxygen atoms in total. The monoisotopic (exact) mass is 390 g/mol. The van der Waals surface area contributed by atoms with Crippen molar-refractivity contribution in [1.82, 2.24) is 4.90 Å². The highest BCUT2D eigenvalue weighted by atomic mass is 35.5. The molecule has 0 N–H and O–H groups in total. The first-order chi connectivity index (χ1) is 12.4. The van der Waals surface area contributed by atoms with Gasteiger partial charge >= 0.3 is 0 Å². The summed E-state index contributed by atoms with van der Waals surface area (Å²) in [4.78, 5) is 28.4. The van der Waals surface area contributed by atoms with Gasteiger partial charge in [-0.25, -0.2) is 0 Å². The SMILES string of the molecule is Cc1ccc(N(CN2CCCC2=O)C(=O)Cc2ccc(Cl)cc2)cc1Cl. The van der Waals surface area contributed by atoms with Gasteiger partial charge in [-0.2, -0.15) is 0 Å². The highest BCUT2D eigenvalue weighted by molar-refractivity contribution is 6.31. The van der Waals surface area contributed by atoms with Crippen molar-refractivity contribution in [3.05, 3.63) is 63.6 Å². The third-order valence-electron chi connectivity index (χ3n) is 4.52. The maximum Gasteiger partial charge on any atom is 0.232 e. The summed E-state index contributed by atoms with van der Waals surface area (Å²) >= 11 is 12.2. The number of hydrogen-bond donors (Lipinski definition) is 0. The molecule has 0 atom stereocenters. The van der Waals surface area contributed by atoms with Crippen molar-refractivity contribution in [3.63, 3.8) is 0 Å². The number of rotatable bonds is 5. The average molecular weight is 391 g/mol. The van der Waals surface area contributed by atoms with Crippen molar-refractivity contribution in [2.75, 3.05) is 18.1 Å². The number of hydrogen-bond acceptors (Lipinski definition) is 2. The molecule has 0 aliphatic carbocycles. The summed E-state index contributed by atoms with van der Waals surface area (Å²) in [6.45, 7) is 2.82. The van der Waals surface area contributed by atoms with Crippen LogP contribution in [0.25, 0.3) is 0 Å². The molecular weight excluding hydrogens is 371 g/mol. The summed E-state index contributed by atoms with van der Waals surface area (Å²) in [5.41, 5.74) is 2.51. The summed E-state index contributed by atoms with van der Waals surface area (Å²) in [6.07, 6.45) is 1.59. The van der Waals surface area contributed by atoms with E-state index in [1.54, 1.807) is 28.0 Å². The molecule has 1 fully saturated rings. The van der Waals surface area contributed by atoms with Gasteiger partial charge in [-0.15, -0.1) is 0 Å². The molecule has 0 aromatic heterocycles. The number of halogens is 2. The molecule has 0 spiro atoms. The number of benzene rings is 2. The van der Waals surface area contributed by atoms with Gasteiger partial charge in [0.1, 0.15) is 6.67 Å². The molecule has 3 rings (SSSR count). The second kappa shape index (κ2) is 8.11. The minimum absolute atomic E-state index is 0.0764. The zero-order valence-electron chi connectivity index (χ0n) is 14.5. The molecule has 0 saturated carbocycles. The minimum atomic E-state index is -0.0908. The Balaban J connectivity index is 1.85. The Bertz CT molecular complexity index is 821. The summed E-state index contributed by atoms with van der Waals surface area (Å²) < 4.78 is 0. The van der Waals surface area contributed by atoms with E-state index in [1.165, 1.54) is 0 Å². The van der Waals surface area contributed by atoms with E-state index < -0.39 is 0 Å². The number of carbonyl (C=O) groups is 2. The molecule has 26 heavy (non-hydrogen) atoms. The zero-order chi connectivity index (χ0) is 18.7. The lowest BCUT2D eigenvalue weighted by Crippen LogP contribution is -2.43.